The Bertz CT molecular complexity index is 546. The SMILES string of the molecule is CC1CCCCCC1NC(c1cccs1)c1nccn1C. The molecule has 0 aromatic carbocycles. The van der Waals surface area contributed by atoms with Gasteiger partial charge >= 0.3 is 0 Å². The third-order valence-corrected chi connectivity index (χ3v) is 5.62. The van der Waals surface area contributed by atoms with E-state index in [9.17, 15) is 0 Å². The van der Waals surface area contributed by atoms with E-state index < -0.39 is 0 Å². The van der Waals surface area contributed by atoms with Gasteiger partial charge in [-0.2, -0.15) is 0 Å². The van der Waals surface area contributed by atoms with E-state index in [1.165, 1.54) is 37.0 Å². The van der Waals surface area contributed by atoms with Gasteiger partial charge in [-0.1, -0.05) is 32.3 Å². The molecule has 2 aromatic heterocycles. The molecular formula is C17H25N3S. The maximum atomic E-state index is 4.59. The molecule has 114 valence electrons. The summed E-state index contributed by atoms with van der Waals surface area (Å²) in [6, 6.07) is 5.17. The molecule has 2 aromatic rings. The Morgan fingerprint density at radius 2 is 2.19 bits per heavy atom. The maximum Gasteiger partial charge on any atom is 0.131 e. The van der Waals surface area contributed by atoms with Crippen LogP contribution in [-0.2, 0) is 7.05 Å². The van der Waals surface area contributed by atoms with Crippen molar-refractivity contribution < 1.29 is 0 Å². The highest BCUT2D eigenvalue weighted by molar-refractivity contribution is 7.10. The van der Waals surface area contributed by atoms with Crippen LogP contribution in [0.3, 0.4) is 0 Å². The molecule has 0 bridgehead atoms. The van der Waals surface area contributed by atoms with Crippen molar-refractivity contribution in [1.29, 1.82) is 0 Å². The van der Waals surface area contributed by atoms with Gasteiger partial charge in [-0.05, 0) is 30.2 Å². The van der Waals surface area contributed by atoms with Crippen molar-refractivity contribution in [3.05, 3.63) is 40.6 Å². The Balaban J connectivity index is 1.84. The van der Waals surface area contributed by atoms with Gasteiger partial charge in [0, 0.05) is 30.4 Å². The molecule has 0 radical (unpaired) electrons. The first kappa shape index (κ1) is 14.8. The largest absolute Gasteiger partial charge is 0.336 e. The lowest BCUT2D eigenvalue weighted by atomic mass is 9.96. The molecule has 3 atom stereocenters. The highest BCUT2D eigenvalue weighted by Gasteiger charge is 2.26. The Morgan fingerprint density at radius 3 is 2.90 bits per heavy atom. The molecule has 1 fully saturated rings. The third kappa shape index (κ3) is 3.38. The monoisotopic (exact) mass is 303 g/mol. The summed E-state index contributed by atoms with van der Waals surface area (Å²) in [5.74, 6) is 1.86. The first-order valence-corrected chi connectivity index (χ1v) is 8.90. The second-order valence-corrected chi connectivity index (χ2v) is 7.21. The van der Waals surface area contributed by atoms with E-state index in [-0.39, 0.29) is 6.04 Å². The van der Waals surface area contributed by atoms with E-state index in [0.29, 0.717) is 6.04 Å². The molecule has 1 aliphatic carbocycles. The molecule has 21 heavy (non-hydrogen) atoms. The summed E-state index contributed by atoms with van der Waals surface area (Å²) < 4.78 is 2.14. The van der Waals surface area contributed by atoms with Crippen LogP contribution in [0.25, 0.3) is 0 Å². The van der Waals surface area contributed by atoms with Gasteiger partial charge in [-0.15, -0.1) is 11.3 Å². The van der Waals surface area contributed by atoms with Crippen LogP contribution in [0.2, 0.25) is 0 Å². The van der Waals surface area contributed by atoms with Gasteiger partial charge < -0.3 is 4.57 Å². The Hall–Kier alpha value is -1.13. The van der Waals surface area contributed by atoms with Gasteiger partial charge in [-0.25, -0.2) is 4.98 Å². The van der Waals surface area contributed by atoms with Gasteiger partial charge in [0.1, 0.15) is 11.9 Å². The van der Waals surface area contributed by atoms with Crippen molar-refractivity contribution in [1.82, 2.24) is 14.9 Å². The number of aromatic nitrogens is 2. The number of aryl methyl sites for hydroxylation is 1. The predicted octanol–water partition coefficient (Wildman–Crippen LogP) is 4.13. The van der Waals surface area contributed by atoms with Gasteiger partial charge in [0.05, 0.1) is 0 Å². The van der Waals surface area contributed by atoms with Gasteiger partial charge in [-0.3, -0.25) is 5.32 Å². The molecule has 0 aliphatic heterocycles. The van der Waals surface area contributed by atoms with Crippen molar-refractivity contribution in [3.63, 3.8) is 0 Å². The molecule has 0 saturated heterocycles. The molecule has 3 unspecified atom stereocenters. The van der Waals surface area contributed by atoms with E-state index in [1.807, 2.05) is 23.7 Å². The van der Waals surface area contributed by atoms with Crippen LogP contribution in [0.4, 0.5) is 0 Å². The summed E-state index contributed by atoms with van der Waals surface area (Å²) in [5, 5.41) is 6.07. The topological polar surface area (TPSA) is 29.9 Å². The van der Waals surface area contributed by atoms with Crippen molar-refractivity contribution in [3.8, 4) is 0 Å². The van der Waals surface area contributed by atoms with Crippen LogP contribution in [0.15, 0.2) is 29.9 Å². The minimum atomic E-state index is 0.218. The number of nitrogens with zero attached hydrogens (tertiary/aromatic N) is 2. The number of hydrogen-bond acceptors (Lipinski definition) is 3. The summed E-state index contributed by atoms with van der Waals surface area (Å²) >= 11 is 1.82. The molecule has 1 N–H and O–H groups in total. The number of nitrogens with one attached hydrogen (secondary N) is 1. The predicted molar refractivity (Wildman–Crippen MR) is 88.5 cm³/mol. The van der Waals surface area contributed by atoms with E-state index in [1.54, 1.807) is 0 Å². The molecule has 1 saturated carbocycles. The summed E-state index contributed by atoms with van der Waals surface area (Å²) in [6.45, 7) is 2.40. The molecule has 0 spiro atoms. The molecule has 3 nitrogen and oxygen atoms in total. The minimum absolute atomic E-state index is 0.218. The third-order valence-electron chi connectivity index (χ3n) is 4.69. The highest BCUT2D eigenvalue weighted by Crippen LogP contribution is 2.29. The van der Waals surface area contributed by atoms with Crippen molar-refractivity contribution in [2.75, 3.05) is 0 Å². The fraction of sp³-hybridized carbons (Fsp3) is 0.588. The van der Waals surface area contributed by atoms with E-state index in [4.69, 9.17) is 0 Å². The second-order valence-electron chi connectivity index (χ2n) is 6.23. The molecule has 2 heterocycles. The zero-order valence-corrected chi connectivity index (χ0v) is 13.8. The summed E-state index contributed by atoms with van der Waals surface area (Å²) in [6.07, 6.45) is 10.7. The van der Waals surface area contributed by atoms with E-state index in [2.05, 4.69) is 46.4 Å². The first-order chi connectivity index (χ1) is 10.3. The number of rotatable bonds is 4. The standard InChI is InChI=1S/C17H25N3S/c1-13-7-4-3-5-8-14(13)19-16(15-9-6-12-21-15)17-18-10-11-20(17)2/h6,9-14,16,19H,3-5,7-8H2,1-2H3. The second kappa shape index (κ2) is 6.75. The van der Waals surface area contributed by atoms with E-state index in [0.717, 1.165) is 11.7 Å². The normalized spacial score (nSPS) is 24.7. The van der Waals surface area contributed by atoms with Gasteiger partial charge in [0.25, 0.3) is 0 Å². The molecule has 1 aliphatic rings. The van der Waals surface area contributed by atoms with Crippen LogP contribution < -0.4 is 5.32 Å². The lowest BCUT2D eigenvalue weighted by Gasteiger charge is -2.28. The summed E-state index contributed by atoms with van der Waals surface area (Å²) in [5.41, 5.74) is 0. The summed E-state index contributed by atoms with van der Waals surface area (Å²) in [7, 11) is 2.08. The molecule has 0 amide bonds. The van der Waals surface area contributed by atoms with Crippen LogP contribution in [-0.4, -0.2) is 15.6 Å². The maximum absolute atomic E-state index is 4.59. The number of thiophene rings is 1. The van der Waals surface area contributed by atoms with Crippen LogP contribution in [0.1, 0.15) is 55.8 Å². The number of imidazole rings is 1. The minimum Gasteiger partial charge on any atom is -0.336 e. The quantitative estimate of drug-likeness (QED) is 0.861. The Morgan fingerprint density at radius 1 is 1.33 bits per heavy atom. The first-order valence-electron chi connectivity index (χ1n) is 8.02. The lowest BCUT2D eigenvalue weighted by molar-refractivity contribution is 0.333. The van der Waals surface area contributed by atoms with Crippen LogP contribution in [0.5, 0.6) is 0 Å². The van der Waals surface area contributed by atoms with Crippen LogP contribution >= 0.6 is 11.3 Å². The van der Waals surface area contributed by atoms with Crippen molar-refractivity contribution >= 4 is 11.3 Å². The number of hydrogen-bond donors (Lipinski definition) is 1. The lowest BCUT2D eigenvalue weighted by Crippen LogP contribution is -2.38. The molecule has 4 heteroatoms. The average molecular weight is 303 g/mol. The summed E-state index contributed by atoms with van der Waals surface area (Å²) in [4.78, 5) is 5.95. The van der Waals surface area contributed by atoms with Gasteiger partial charge in [0.15, 0.2) is 0 Å². The highest BCUT2D eigenvalue weighted by atomic mass is 32.1. The van der Waals surface area contributed by atoms with Crippen molar-refractivity contribution in [2.24, 2.45) is 13.0 Å². The zero-order chi connectivity index (χ0) is 14.7. The average Bonchev–Trinajstić information content (AvgIpc) is 3.10. The Kier molecular flexibility index (Phi) is 4.76. The Labute approximate surface area is 131 Å². The van der Waals surface area contributed by atoms with Gasteiger partial charge in [0.2, 0.25) is 0 Å². The zero-order valence-electron chi connectivity index (χ0n) is 13.0. The molecule has 3 rings (SSSR count). The fourth-order valence-corrected chi connectivity index (χ4v) is 4.13. The molecular weight excluding hydrogens is 278 g/mol. The fourth-order valence-electron chi connectivity index (χ4n) is 3.35. The van der Waals surface area contributed by atoms with E-state index >= 15 is 0 Å². The van der Waals surface area contributed by atoms with Crippen LogP contribution in [0, 0.1) is 5.92 Å². The smallest absolute Gasteiger partial charge is 0.131 e. The van der Waals surface area contributed by atoms with Crippen molar-refractivity contribution in [2.45, 2.75) is 51.1 Å².